The van der Waals surface area contributed by atoms with Crippen LogP contribution < -0.4 is 0 Å². The molecule has 18 heavy (non-hydrogen) atoms. The Kier molecular flexibility index (Phi) is 3.34. The minimum Gasteiger partial charge on any atom is -0.480 e. The van der Waals surface area contributed by atoms with Crippen LogP contribution in [0, 0.1) is 11.8 Å². The van der Waals surface area contributed by atoms with Crippen LogP contribution in [0.1, 0.15) is 24.1 Å². The minimum atomic E-state index is -0.660. The summed E-state index contributed by atoms with van der Waals surface area (Å²) in [6.45, 7) is 1.65. The summed E-state index contributed by atoms with van der Waals surface area (Å²) in [7, 11) is 0. The third kappa shape index (κ3) is 2.17. The number of carboxylic acid groups (broad SMARTS) is 1. The minimum absolute atomic E-state index is 0.293. The predicted molar refractivity (Wildman–Crippen MR) is 72.0 cm³/mol. The van der Waals surface area contributed by atoms with Gasteiger partial charge in [-0.1, -0.05) is 18.0 Å². The van der Waals surface area contributed by atoms with Gasteiger partial charge in [0.05, 0.1) is 4.34 Å². The van der Waals surface area contributed by atoms with E-state index in [1.54, 1.807) is 11.3 Å². The fourth-order valence-corrected chi connectivity index (χ4v) is 4.65. The largest absolute Gasteiger partial charge is 0.480 e. The highest BCUT2D eigenvalue weighted by atomic mass is 35.5. The summed E-state index contributed by atoms with van der Waals surface area (Å²) in [5, 5.41) is 9.45. The maximum absolute atomic E-state index is 11.5. The number of halogens is 1. The van der Waals surface area contributed by atoms with Crippen LogP contribution in [0.15, 0.2) is 12.1 Å². The number of aliphatic carboxylic acids is 1. The fraction of sp³-hybridized carbons (Fsp3) is 0.615. The van der Waals surface area contributed by atoms with Crippen LogP contribution in [0.2, 0.25) is 4.34 Å². The molecule has 1 N–H and O–H groups in total. The molecule has 1 saturated heterocycles. The number of thiophene rings is 1. The van der Waals surface area contributed by atoms with Gasteiger partial charge in [-0.25, -0.2) is 0 Å². The van der Waals surface area contributed by atoms with Crippen LogP contribution >= 0.6 is 22.9 Å². The molecular formula is C13H16ClNO2S. The molecule has 1 aromatic heterocycles. The van der Waals surface area contributed by atoms with Crippen molar-refractivity contribution >= 4 is 28.9 Å². The second-order valence-corrected chi connectivity index (χ2v) is 7.07. The van der Waals surface area contributed by atoms with Gasteiger partial charge in [0.25, 0.3) is 0 Å². The molecule has 0 spiro atoms. The molecule has 1 aromatic rings. The van der Waals surface area contributed by atoms with E-state index < -0.39 is 5.97 Å². The number of carboxylic acids is 1. The van der Waals surface area contributed by atoms with E-state index >= 15 is 0 Å². The van der Waals surface area contributed by atoms with Gasteiger partial charge in [-0.15, -0.1) is 11.3 Å². The van der Waals surface area contributed by atoms with Crippen molar-refractivity contribution in [3.63, 3.8) is 0 Å². The number of carbonyl (C=O) groups is 1. The zero-order chi connectivity index (χ0) is 12.7. The second kappa shape index (κ2) is 4.83. The maximum Gasteiger partial charge on any atom is 0.321 e. The van der Waals surface area contributed by atoms with Crippen molar-refractivity contribution in [2.45, 2.75) is 31.8 Å². The van der Waals surface area contributed by atoms with Crippen LogP contribution in [0.5, 0.6) is 0 Å². The molecule has 3 rings (SSSR count). The molecule has 3 unspecified atom stereocenters. The maximum atomic E-state index is 11.5. The zero-order valence-corrected chi connectivity index (χ0v) is 11.6. The predicted octanol–water partition coefficient (Wildman–Crippen LogP) is 3.09. The third-order valence-electron chi connectivity index (χ3n) is 4.23. The van der Waals surface area contributed by atoms with Crippen molar-refractivity contribution in [1.29, 1.82) is 0 Å². The number of hydrogen-bond donors (Lipinski definition) is 1. The quantitative estimate of drug-likeness (QED) is 0.928. The van der Waals surface area contributed by atoms with Crippen molar-refractivity contribution in [1.82, 2.24) is 4.90 Å². The summed E-state index contributed by atoms with van der Waals surface area (Å²) in [6.07, 6.45) is 3.46. The van der Waals surface area contributed by atoms with E-state index in [4.69, 9.17) is 11.6 Å². The Balaban J connectivity index is 1.77. The van der Waals surface area contributed by atoms with Crippen molar-refractivity contribution in [2.75, 3.05) is 6.54 Å². The molecule has 1 aliphatic heterocycles. The van der Waals surface area contributed by atoms with E-state index in [0.29, 0.717) is 11.8 Å². The van der Waals surface area contributed by atoms with Crippen LogP contribution in [0.4, 0.5) is 0 Å². The van der Waals surface area contributed by atoms with Crippen molar-refractivity contribution < 1.29 is 9.90 Å². The number of hydrogen-bond acceptors (Lipinski definition) is 3. The van der Waals surface area contributed by atoms with Gasteiger partial charge in [-0.3, -0.25) is 9.69 Å². The van der Waals surface area contributed by atoms with E-state index in [2.05, 4.69) is 4.90 Å². The lowest BCUT2D eigenvalue weighted by Gasteiger charge is -2.23. The molecule has 0 aromatic carbocycles. The summed E-state index contributed by atoms with van der Waals surface area (Å²) < 4.78 is 0.774. The summed E-state index contributed by atoms with van der Waals surface area (Å²) in [5.41, 5.74) is 0. The Morgan fingerprint density at radius 1 is 1.50 bits per heavy atom. The molecule has 2 fully saturated rings. The smallest absolute Gasteiger partial charge is 0.321 e. The third-order valence-corrected chi connectivity index (χ3v) is 5.44. The van der Waals surface area contributed by atoms with Gasteiger partial charge in [0.2, 0.25) is 0 Å². The summed E-state index contributed by atoms with van der Waals surface area (Å²) in [5.74, 6) is 0.284. The molecular weight excluding hydrogens is 270 g/mol. The SMILES string of the molecule is O=C(O)C1C2CCCC2CN1Cc1ccc(Cl)s1. The van der Waals surface area contributed by atoms with Gasteiger partial charge in [-0.05, 0) is 36.8 Å². The Hall–Kier alpha value is -0.580. The summed E-state index contributed by atoms with van der Waals surface area (Å²) in [4.78, 5) is 14.8. The van der Waals surface area contributed by atoms with E-state index in [9.17, 15) is 9.90 Å². The molecule has 2 aliphatic rings. The number of rotatable bonds is 3. The lowest BCUT2D eigenvalue weighted by molar-refractivity contribution is -0.143. The van der Waals surface area contributed by atoms with Crippen LogP contribution in [0.3, 0.4) is 0 Å². The Morgan fingerprint density at radius 3 is 3.00 bits per heavy atom. The summed E-state index contributed by atoms with van der Waals surface area (Å²) >= 11 is 7.47. The Labute approximate surface area is 115 Å². The van der Waals surface area contributed by atoms with Crippen LogP contribution in [-0.2, 0) is 11.3 Å². The van der Waals surface area contributed by atoms with E-state index in [1.165, 1.54) is 12.8 Å². The molecule has 3 nitrogen and oxygen atoms in total. The fourth-order valence-electron chi connectivity index (χ4n) is 3.53. The van der Waals surface area contributed by atoms with Gasteiger partial charge >= 0.3 is 5.97 Å². The molecule has 0 bridgehead atoms. The molecule has 0 amide bonds. The van der Waals surface area contributed by atoms with E-state index in [1.807, 2.05) is 12.1 Å². The van der Waals surface area contributed by atoms with E-state index in [-0.39, 0.29) is 6.04 Å². The molecule has 3 atom stereocenters. The van der Waals surface area contributed by atoms with Gasteiger partial charge in [0, 0.05) is 18.0 Å². The molecule has 98 valence electrons. The topological polar surface area (TPSA) is 40.5 Å². The average Bonchev–Trinajstić information content (AvgIpc) is 2.93. The number of likely N-dealkylation sites (tertiary alicyclic amines) is 1. The average molecular weight is 286 g/mol. The Morgan fingerprint density at radius 2 is 2.33 bits per heavy atom. The van der Waals surface area contributed by atoms with Gasteiger partial charge in [-0.2, -0.15) is 0 Å². The highest BCUT2D eigenvalue weighted by Crippen LogP contribution is 2.43. The van der Waals surface area contributed by atoms with Crippen LogP contribution in [0.25, 0.3) is 0 Å². The molecule has 0 radical (unpaired) electrons. The zero-order valence-electron chi connectivity index (χ0n) is 10.0. The molecule has 1 saturated carbocycles. The first-order valence-electron chi connectivity index (χ1n) is 6.36. The molecule has 1 aliphatic carbocycles. The first-order valence-corrected chi connectivity index (χ1v) is 7.55. The van der Waals surface area contributed by atoms with Gasteiger partial charge in [0.1, 0.15) is 6.04 Å². The standard InChI is InChI=1S/C13H16ClNO2S/c14-11-5-4-9(18-11)7-15-6-8-2-1-3-10(8)12(15)13(16)17/h4-5,8,10,12H,1-3,6-7H2,(H,16,17). The highest BCUT2D eigenvalue weighted by molar-refractivity contribution is 7.16. The van der Waals surface area contributed by atoms with Crippen molar-refractivity contribution in [2.24, 2.45) is 11.8 Å². The Bertz CT molecular complexity index is 462. The van der Waals surface area contributed by atoms with E-state index in [0.717, 1.165) is 28.7 Å². The van der Waals surface area contributed by atoms with Gasteiger partial charge in [0.15, 0.2) is 0 Å². The second-order valence-electron chi connectivity index (χ2n) is 5.27. The normalized spacial score (nSPS) is 31.7. The molecule has 5 heteroatoms. The lowest BCUT2D eigenvalue weighted by atomic mass is 9.94. The monoisotopic (exact) mass is 285 g/mol. The molecule has 2 heterocycles. The van der Waals surface area contributed by atoms with Gasteiger partial charge < -0.3 is 5.11 Å². The number of fused-ring (bicyclic) bond motifs is 1. The first kappa shape index (κ1) is 12.5. The van der Waals surface area contributed by atoms with Crippen LogP contribution in [-0.4, -0.2) is 28.6 Å². The van der Waals surface area contributed by atoms with Crippen molar-refractivity contribution in [3.05, 3.63) is 21.3 Å². The highest BCUT2D eigenvalue weighted by Gasteiger charge is 2.47. The first-order chi connectivity index (χ1) is 8.65. The van der Waals surface area contributed by atoms with Crippen molar-refractivity contribution in [3.8, 4) is 0 Å². The summed E-state index contributed by atoms with van der Waals surface area (Å²) in [6, 6.07) is 3.59. The lowest BCUT2D eigenvalue weighted by Crippen LogP contribution is -2.38. The number of nitrogens with zero attached hydrogens (tertiary/aromatic N) is 1.